The standard InChI is InChI=1S/C21H24N2O4.Na/c1-21(2)12-22-19-17(8-16(26-3)9-18(19)27-21)13-5-4-6-15(7-13)23-10-14(11-23)20(24)25;/h4-9,14,22H,10-12H2,1-3H3,(H,24,25);/q;+1/p-1. The topological polar surface area (TPSA) is 73.9 Å². The minimum absolute atomic E-state index is 0. The Morgan fingerprint density at radius 3 is 2.71 bits per heavy atom. The maximum Gasteiger partial charge on any atom is 1.00 e. The minimum Gasteiger partial charge on any atom is -0.550 e. The van der Waals surface area contributed by atoms with Crippen molar-refractivity contribution in [3.63, 3.8) is 0 Å². The van der Waals surface area contributed by atoms with Gasteiger partial charge in [0, 0.05) is 42.3 Å². The molecule has 28 heavy (non-hydrogen) atoms. The van der Waals surface area contributed by atoms with E-state index >= 15 is 0 Å². The summed E-state index contributed by atoms with van der Waals surface area (Å²) < 4.78 is 11.6. The van der Waals surface area contributed by atoms with E-state index in [0.717, 1.165) is 34.0 Å². The second-order valence-corrected chi connectivity index (χ2v) is 7.73. The fraction of sp³-hybridized carbons (Fsp3) is 0.381. The number of hydrogen-bond acceptors (Lipinski definition) is 6. The van der Waals surface area contributed by atoms with Crippen LogP contribution in [-0.4, -0.2) is 38.3 Å². The van der Waals surface area contributed by atoms with Crippen LogP contribution in [0.2, 0.25) is 0 Å². The van der Waals surface area contributed by atoms with E-state index in [4.69, 9.17) is 9.47 Å². The van der Waals surface area contributed by atoms with Crippen molar-refractivity contribution >= 4 is 17.3 Å². The van der Waals surface area contributed by atoms with E-state index in [0.29, 0.717) is 19.6 Å². The molecule has 1 saturated heterocycles. The van der Waals surface area contributed by atoms with Crippen LogP contribution in [-0.2, 0) is 4.79 Å². The zero-order valence-electron chi connectivity index (χ0n) is 16.7. The summed E-state index contributed by atoms with van der Waals surface area (Å²) in [7, 11) is 1.64. The number of hydrogen-bond donors (Lipinski definition) is 1. The van der Waals surface area contributed by atoms with Crippen molar-refractivity contribution in [2.24, 2.45) is 5.92 Å². The molecule has 0 atom stereocenters. The van der Waals surface area contributed by atoms with Crippen LogP contribution in [0.5, 0.6) is 11.5 Å². The number of anilines is 2. The molecule has 7 heteroatoms. The summed E-state index contributed by atoms with van der Waals surface area (Å²) in [6.07, 6.45) is 0. The summed E-state index contributed by atoms with van der Waals surface area (Å²) in [6.45, 7) is 5.76. The Hall–Kier alpha value is -1.89. The third kappa shape index (κ3) is 3.95. The third-order valence-electron chi connectivity index (χ3n) is 5.13. The van der Waals surface area contributed by atoms with Gasteiger partial charge in [0.1, 0.15) is 17.1 Å². The number of benzene rings is 2. The molecular weight excluding hydrogens is 367 g/mol. The van der Waals surface area contributed by atoms with Gasteiger partial charge in [-0.1, -0.05) is 12.1 Å². The average Bonchev–Trinajstić information content (AvgIpc) is 2.58. The molecule has 0 unspecified atom stereocenters. The van der Waals surface area contributed by atoms with Crippen molar-refractivity contribution in [3.8, 4) is 22.6 Å². The van der Waals surface area contributed by atoms with Crippen LogP contribution < -0.4 is 54.4 Å². The average molecular weight is 390 g/mol. The van der Waals surface area contributed by atoms with E-state index in [-0.39, 0.29) is 35.2 Å². The number of nitrogens with zero attached hydrogens (tertiary/aromatic N) is 1. The Morgan fingerprint density at radius 1 is 1.29 bits per heavy atom. The first-order valence-electron chi connectivity index (χ1n) is 9.07. The molecule has 1 N–H and O–H groups in total. The summed E-state index contributed by atoms with van der Waals surface area (Å²) in [5, 5.41) is 14.4. The molecule has 0 spiro atoms. The Morgan fingerprint density at radius 2 is 2.04 bits per heavy atom. The molecular formula is C21H23N2NaO4. The number of fused-ring (bicyclic) bond motifs is 1. The van der Waals surface area contributed by atoms with E-state index in [2.05, 4.69) is 11.4 Å². The molecule has 0 radical (unpaired) electrons. The van der Waals surface area contributed by atoms with Crippen molar-refractivity contribution in [1.82, 2.24) is 0 Å². The largest absolute Gasteiger partial charge is 1.00 e. The molecule has 6 nitrogen and oxygen atoms in total. The van der Waals surface area contributed by atoms with Crippen LogP contribution in [0.3, 0.4) is 0 Å². The molecule has 0 bridgehead atoms. The summed E-state index contributed by atoms with van der Waals surface area (Å²) in [5.41, 5.74) is 3.67. The van der Waals surface area contributed by atoms with Crippen molar-refractivity contribution in [3.05, 3.63) is 36.4 Å². The van der Waals surface area contributed by atoms with Crippen LogP contribution in [0.4, 0.5) is 11.4 Å². The van der Waals surface area contributed by atoms with Crippen LogP contribution in [0, 0.1) is 5.92 Å². The Bertz CT molecular complexity index is 894. The monoisotopic (exact) mass is 390 g/mol. The molecule has 2 heterocycles. The van der Waals surface area contributed by atoms with Gasteiger partial charge in [0.05, 0.1) is 19.3 Å². The first-order chi connectivity index (χ1) is 12.9. The summed E-state index contributed by atoms with van der Waals surface area (Å²) >= 11 is 0. The zero-order valence-corrected chi connectivity index (χ0v) is 18.7. The van der Waals surface area contributed by atoms with Gasteiger partial charge in [0.25, 0.3) is 0 Å². The van der Waals surface area contributed by atoms with Gasteiger partial charge in [-0.05, 0) is 37.6 Å². The van der Waals surface area contributed by atoms with Crippen LogP contribution >= 0.6 is 0 Å². The van der Waals surface area contributed by atoms with Crippen molar-refractivity contribution < 1.29 is 48.9 Å². The normalized spacial score (nSPS) is 17.3. The molecule has 0 aromatic heterocycles. The Kier molecular flexibility index (Phi) is 5.84. The molecule has 142 valence electrons. The number of ether oxygens (including phenoxy) is 2. The Balaban J connectivity index is 0.00000225. The molecule has 2 aliphatic rings. The first kappa shape index (κ1) is 20.8. The van der Waals surface area contributed by atoms with Crippen LogP contribution in [0.15, 0.2) is 36.4 Å². The molecule has 2 aliphatic heterocycles. The number of methoxy groups -OCH3 is 1. The first-order valence-corrected chi connectivity index (χ1v) is 9.07. The Labute approximate surface area is 187 Å². The maximum atomic E-state index is 11.0. The number of carboxylic acid groups (broad SMARTS) is 1. The maximum absolute atomic E-state index is 11.0. The molecule has 0 saturated carbocycles. The third-order valence-corrected chi connectivity index (χ3v) is 5.13. The predicted octanol–water partition coefficient (Wildman–Crippen LogP) is -0.865. The van der Waals surface area contributed by atoms with Gasteiger partial charge in [-0.25, -0.2) is 0 Å². The van der Waals surface area contributed by atoms with E-state index in [1.54, 1.807) is 7.11 Å². The summed E-state index contributed by atoms with van der Waals surface area (Å²) in [6, 6.07) is 12.0. The van der Waals surface area contributed by atoms with E-state index < -0.39 is 11.9 Å². The number of carbonyl (C=O) groups excluding carboxylic acids is 1. The van der Waals surface area contributed by atoms with Gasteiger partial charge in [0.2, 0.25) is 0 Å². The SMILES string of the molecule is COc1cc2c(c(-c3cccc(N4CC(C(=O)[O-])C4)c3)c1)NCC(C)(C)O2.[Na+]. The predicted molar refractivity (Wildman–Crippen MR) is 102 cm³/mol. The molecule has 0 amide bonds. The van der Waals surface area contributed by atoms with Gasteiger partial charge in [-0.3, -0.25) is 0 Å². The summed E-state index contributed by atoms with van der Waals surface area (Å²) in [4.78, 5) is 13.0. The summed E-state index contributed by atoms with van der Waals surface area (Å²) in [5.74, 6) is 0.130. The number of rotatable bonds is 4. The van der Waals surface area contributed by atoms with E-state index in [1.165, 1.54) is 0 Å². The van der Waals surface area contributed by atoms with Gasteiger partial charge in [0.15, 0.2) is 0 Å². The van der Waals surface area contributed by atoms with Crippen molar-refractivity contribution in [1.29, 1.82) is 0 Å². The smallest absolute Gasteiger partial charge is 0.550 e. The van der Waals surface area contributed by atoms with Gasteiger partial charge < -0.3 is 29.6 Å². The number of carbonyl (C=O) groups is 1. The van der Waals surface area contributed by atoms with Crippen molar-refractivity contribution in [2.75, 3.05) is 37.0 Å². The molecule has 0 aliphatic carbocycles. The molecule has 2 aromatic carbocycles. The second kappa shape index (κ2) is 7.85. The molecule has 2 aromatic rings. The minimum atomic E-state index is -0.978. The number of nitrogens with one attached hydrogen (secondary N) is 1. The van der Waals surface area contributed by atoms with Gasteiger partial charge >= 0.3 is 29.6 Å². The zero-order chi connectivity index (χ0) is 19.2. The van der Waals surface area contributed by atoms with E-state index in [9.17, 15) is 9.90 Å². The van der Waals surface area contributed by atoms with Crippen LogP contribution in [0.1, 0.15) is 13.8 Å². The van der Waals surface area contributed by atoms with Gasteiger partial charge in [-0.15, -0.1) is 0 Å². The molecule has 1 fully saturated rings. The number of aliphatic carboxylic acids is 1. The van der Waals surface area contributed by atoms with Gasteiger partial charge in [-0.2, -0.15) is 0 Å². The quantitative estimate of drug-likeness (QED) is 0.685. The second-order valence-electron chi connectivity index (χ2n) is 7.73. The van der Waals surface area contributed by atoms with Crippen LogP contribution in [0.25, 0.3) is 11.1 Å². The van der Waals surface area contributed by atoms with E-state index in [1.807, 2.05) is 49.1 Å². The van der Waals surface area contributed by atoms with Crippen molar-refractivity contribution in [2.45, 2.75) is 19.4 Å². The fourth-order valence-corrected chi connectivity index (χ4v) is 3.54. The molecule has 4 rings (SSSR count). The number of carboxylic acids is 1. The fourth-order valence-electron chi connectivity index (χ4n) is 3.54.